The van der Waals surface area contributed by atoms with E-state index in [1.165, 1.54) is 28.6 Å². The van der Waals surface area contributed by atoms with Crippen molar-refractivity contribution in [1.82, 2.24) is 0 Å². The van der Waals surface area contributed by atoms with Gasteiger partial charge in [0.05, 0.1) is 20.6 Å². The van der Waals surface area contributed by atoms with Crippen molar-refractivity contribution >= 4 is 50.5 Å². The minimum absolute atomic E-state index is 0.109. The summed E-state index contributed by atoms with van der Waals surface area (Å²) >= 11 is 18.0. The first-order chi connectivity index (χ1) is 12.9. The van der Waals surface area contributed by atoms with Crippen LogP contribution in [0.3, 0.4) is 0 Å². The van der Waals surface area contributed by atoms with Gasteiger partial charge >= 0.3 is 0 Å². The van der Waals surface area contributed by atoms with E-state index >= 15 is 0 Å². The lowest BCUT2D eigenvalue weighted by Crippen LogP contribution is -2.33. The lowest BCUT2D eigenvalue weighted by atomic mass is 10.2. The van der Waals surface area contributed by atoms with Crippen LogP contribution >= 0.6 is 34.8 Å². The van der Waals surface area contributed by atoms with E-state index < -0.39 is 16.3 Å². The third kappa shape index (κ3) is 3.25. The first-order valence-corrected chi connectivity index (χ1v) is 10.5. The largest absolute Gasteiger partial charge is 0.463 e. The molecular formula is C19H12Cl3NO3S. The topological polar surface area (TPSA) is 46.6 Å². The van der Waals surface area contributed by atoms with Crippen molar-refractivity contribution in [2.75, 3.05) is 4.31 Å². The third-order valence-corrected chi connectivity index (χ3v) is 6.92. The zero-order valence-electron chi connectivity index (χ0n) is 13.6. The molecule has 0 aromatic heterocycles. The average molecular weight is 441 g/mol. The molecule has 0 aliphatic carbocycles. The van der Waals surface area contributed by atoms with Gasteiger partial charge in [0.25, 0.3) is 10.0 Å². The highest BCUT2D eigenvalue weighted by Crippen LogP contribution is 2.47. The summed E-state index contributed by atoms with van der Waals surface area (Å²) in [7, 11) is -3.92. The first kappa shape index (κ1) is 18.4. The molecule has 3 aromatic rings. The normalized spacial score (nSPS) is 16.1. The van der Waals surface area contributed by atoms with Crippen molar-refractivity contribution in [3.8, 4) is 5.75 Å². The van der Waals surface area contributed by atoms with Gasteiger partial charge in [0.1, 0.15) is 5.75 Å². The number of rotatable bonds is 3. The molecule has 4 nitrogen and oxygen atoms in total. The van der Waals surface area contributed by atoms with Gasteiger partial charge in [0.15, 0.2) is 0 Å². The minimum Gasteiger partial charge on any atom is -0.463 e. The van der Waals surface area contributed by atoms with E-state index in [9.17, 15) is 8.42 Å². The van der Waals surface area contributed by atoms with Crippen molar-refractivity contribution in [3.63, 3.8) is 0 Å². The summed E-state index contributed by atoms with van der Waals surface area (Å²) in [6.45, 7) is 0. The summed E-state index contributed by atoms with van der Waals surface area (Å²) in [5, 5.41) is 1.15. The number of hydrogen-bond donors (Lipinski definition) is 0. The van der Waals surface area contributed by atoms with Crippen molar-refractivity contribution in [2.24, 2.45) is 0 Å². The van der Waals surface area contributed by atoms with Crippen LogP contribution in [0.1, 0.15) is 11.8 Å². The first-order valence-electron chi connectivity index (χ1n) is 7.88. The van der Waals surface area contributed by atoms with Gasteiger partial charge in [-0.05, 0) is 48.5 Å². The number of fused-ring (bicyclic) bond motifs is 1. The molecule has 0 bridgehead atoms. The van der Waals surface area contributed by atoms with Gasteiger partial charge in [0, 0.05) is 10.6 Å². The number of ether oxygens (including phenoxy) is 1. The van der Waals surface area contributed by atoms with Crippen molar-refractivity contribution in [1.29, 1.82) is 0 Å². The summed E-state index contributed by atoms with van der Waals surface area (Å²) in [5.74, 6) is 0.464. The molecule has 0 fully saturated rings. The molecule has 0 amide bonds. The molecule has 0 radical (unpaired) electrons. The molecule has 0 N–H and O–H groups in total. The summed E-state index contributed by atoms with van der Waals surface area (Å²) in [6, 6.07) is 17.8. The van der Waals surface area contributed by atoms with E-state index in [1.54, 1.807) is 42.5 Å². The molecule has 138 valence electrons. The zero-order chi connectivity index (χ0) is 19.2. The Labute approximate surface area is 171 Å². The van der Waals surface area contributed by atoms with Crippen LogP contribution < -0.4 is 9.04 Å². The fourth-order valence-electron chi connectivity index (χ4n) is 2.88. The van der Waals surface area contributed by atoms with Crippen LogP contribution in [-0.4, -0.2) is 8.42 Å². The quantitative estimate of drug-likeness (QED) is 0.507. The maximum Gasteiger partial charge on any atom is 0.267 e. The predicted molar refractivity (Wildman–Crippen MR) is 107 cm³/mol. The van der Waals surface area contributed by atoms with Crippen LogP contribution in [0.15, 0.2) is 71.6 Å². The van der Waals surface area contributed by atoms with E-state index in [0.717, 1.165) is 0 Å². The molecule has 1 aliphatic heterocycles. The van der Waals surface area contributed by atoms with Crippen LogP contribution in [0.4, 0.5) is 5.69 Å². The fourth-order valence-corrected chi connectivity index (χ4v) is 4.84. The number of halogens is 3. The number of benzene rings is 3. The summed E-state index contributed by atoms with van der Waals surface area (Å²) in [6.07, 6.45) is -0.905. The smallest absolute Gasteiger partial charge is 0.267 e. The molecule has 8 heteroatoms. The predicted octanol–water partition coefficient (Wildman–Crippen LogP) is 5.93. The molecule has 0 spiro atoms. The molecule has 0 unspecified atom stereocenters. The number of hydrogen-bond acceptors (Lipinski definition) is 3. The monoisotopic (exact) mass is 439 g/mol. The van der Waals surface area contributed by atoms with Crippen molar-refractivity contribution in [2.45, 2.75) is 11.1 Å². The molecule has 27 heavy (non-hydrogen) atoms. The fraction of sp³-hybridized carbons (Fsp3) is 0.0526. The lowest BCUT2D eigenvalue weighted by molar-refractivity contribution is 0.245. The van der Waals surface area contributed by atoms with Gasteiger partial charge in [-0.3, -0.25) is 0 Å². The maximum atomic E-state index is 13.4. The summed E-state index contributed by atoms with van der Waals surface area (Å²) < 4.78 is 34.0. The SMILES string of the molecule is O=S(=O)(c1ccc(Cl)cc1)N1c2ccccc2O[C@@H]1c1ccc(Cl)c(Cl)c1. The molecule has 1 atom stereocenters. The molecule has 0 saturated heterocycles. The molecule has 4 rings (SSSR count). The molecule has 0 saturated carbocycles. The highest BCUT2D eigenvalue weighted by molar-refractivity contribution is 7.92. The van der Waals surface area contributed by atoms with Crippen LogP contribution in [-0.2, 0) is 10.0 Å². The van der Waals surface area contributed by atoms with E-state index in [0.29, 0.717) is 32.1 Å². The Morgan fingerprint density at radius 1 is 0.852 bits per heavy atom. The van der Waals surface area contributed by atoms with E-state index in [4.69, 9.17) is 39.5 Å². The molecule has 1 heterocycles. The molecule has 1 aliphatic rings. The highest BCUT2D eigenvalue weighted by atomic mass is 35.5. The van der Waals surface area contributed by atoms with Crippen LogP contribution in [0, 0.1) is 0 Å². The number of para-hydroxylation sites is 2. The Bertz CT molecular complexity index is 1120. The van der Waals surface area contributed by atoms with Crippen LogP contribution in [0.25, 0.3) is 0 Å². The van der Waals surface area contributed by atoms with Gasteiger partial charge in [-0.1, -0.05) is 53.0 Å². The van der Waals surface area contributed by atoms with Gasteiger partial charge in [-0.25, -0.2) is 12.7 Å². The van der Waals surface area contributed by atoms with Crippen LogP contribution in [0.5, 0.6) is 5.75 Å². The van der Waals surface area contributed by atoms with Gasteiger partial charge < -0.3 is 4.74 Å². The molecular weight excluding hydrogens is 429 g/mol. The summed E-state index contributed by atoms with van der Waals surface area (Å²) in [4.78, 5) is 0.109. The van der Waals surface area contributed by atoms with Gasteiger partial charge in [-0.2, -0.15) is 0 Å². The standard InChI is InChI=1S/C19H12Cl3NO3S/c20-13-6-8-14(9-7-13)27(24,25)23-17-3-1-2-4-18(17)26-19(23)12-5-10-15(21)16(22)11-12/h1-11,19H/t19-/m1/s1. The van der Waals surface area contributed by atoms with Crippen molar-refractivity contribution < 1.29 is 13.2 Å². The van der Waals surface area contributed by atoms with E-state index in [2.05, 4.69) is 0 Å². The molecule has 3 aromatic carbocycles. The second kappa shape index (κ2) is 6.91. The Morgan fingerprint density at radius 3 is 2.26 bits per heavy atom. The average Bonchev–Trinajstić information content (AvgIpc) is 3.04. The van der Waals surface area contributed by atoms with Gasteiger partial charge in [0.2, 0.25) is 6.23 Å². The Balaban J connectivity index is 1.87. The number of sulfonamides is 1. The Kier molecular flexibility index (Phi) is 4.72. The van der Waals surface area contributed by atoms with E-state index in [1.807, 2.05) is 0 Å². The Hall–Kier alpha value is -1.92. The minimum atomic E-state index is -3.92. The second-order valence-electron chi connectivity index (χ2n) is 5.87. The second-order valence-corrected chi connectivity index (χ2v) is 8.93. The number of nitrogens with zero attached hydrogens (tertiary/aromatic N) is 1. The zero-order valence-corrected chi connectivity index (χ0v) is 16.7. The Morgan fingerprint density at radius 2 is 1.56 bits per heavy atom. The number of anilines is 1. The third-order valence-electron chi connectivity index (χ3n) is 4.15. The van der Waals surface area contributed by atoms with E-state index in [-0.39, 0.29) is 4.90 Å². The van der Waals surface area contributed by atoms with Crippen LogP contribution in [0.2, 0.25) is 15.1 Å². The van der Waals surface area contributed by atoms with Gasteiger partial charge in [-0.15, -0.1) is 0 Å². The van der Waals surface area contributed by atoms with Crippen molar-refractivity contribution in [3.05, 3.63) is 87.4 Å². The lowest BCUT2D eigenvalue weighted by Gasteiger charge is -2.25. The highest BCUT2D eigenvalue weighted by Gasteiger charge is 2.41. The summed E-state index contributed by atoms with van der Waals surface area (Å²) in [5.41, 5.74) is 1.02. The maximum absolute atomic E-state index is 13.4.